The van der Waals surface area contributed by atoms with E-state index in [9.17, 15) is 5.11 Å². The Kier molecular flexibility index (Phi) is 2.52. The Labute approximate surface area is 74.2 Å². The monoisotopic (exact) mass is 215 g/mol. The van der Waals surface area contributed by atoms with Gasteiger partial charge in [0.2, 0.25) is 0 Å². The highest BCUT2D eigenvalue weighted by Crippen LogP contribution is 2.29. The van der Waals surface area contributed by atoms with Gasteiger partial charge in [0.15, 0.2) is 0 Å². The lowest BCUT2D eigenvalue weighted by Gasteiger charge is -2.08. The molecule has 0 saturated heterocycles. The number of phenolic OH excluding ortho intramolecular Hbond substituents is 1. The van der Waals surface area contributed by atoms with Crippen molar-refractivity contribution in [2.45, 2.75) is 13.0 Å². The molecule has 1 aromatic carbocycles. The van der Waals surface area contributed by atoms with Crippen molar-refractivity contribution in [1.82, 2.24) is 0 Å². The zero-order valence-electron chi connectivity index (χ0n) is 6.21. The van der Waals surface area contributed by atoms with Crippen molar-refractivity contribution in [1.29, 1.82) is 0 Å². The van der Waals surface area contributed by atoms with Crippen molar-refractivity contribution in [3.8, 4) is 5.75 Å². The zero-order valence-corrected chi connectivity index (χ0v) is 7.80. The number of phenols is 1. The maximum atomic E-state index is 9.25. The van der Waals surface area contributed by atoms with Crippen LogP contribution in [0.25, 0.3) is 0 Å². The molecule has 2 nitrogen and oxygen atoms in total. The van der Waals surface area contributed by atoms with E-state index < -0.39 is 0 Å². The van der Waals surface area contributed by atoms with Gasteiger partial charge in [0.1, 0.15) is 5.75 Å². The van der Waals surface area contributed by atoms with E-state index in [1.165, 1.54) is 0 Å². The van der Waals surface area contributed by atoms with Crippen LogP contribution >= 0.6 is 15.9 Å². The summed E-state index contributed by atoms with van der Waals surface area (Å²) in [5.41, 5.74) is 6.56. The minimum Gasteiger partial charge on any atom is -0.507 e. The number of hydrogen-bond donors (Lipinski definition) is 2. The van der Waals surface area contributed by atoms with E-state index in [2.05, 4.69) is 15.9 Å². The standard InChI is InChI=1S/C8H10BrNO/c1-5(10)6-3-2-4-7(11)8(6)9/h2-5,11H,10H2,1H3. The number of hydrogen-bond acceptors (Lipinski definition) is 2. The van der Waals surface area contributed by atoms with Crippen molar-refractivity contribution < 1.29 is 5.11 Å². The topological polar surface area (TPSA) is 46.2 Å². The van der Waals surface area contributed by atoms with Crippen LogP contribution in [0, 0.1) is 0 Å². The number of halogens is 1. The fourth-order valence-electron chi connectivity index (χ4n) is 0.889. The summed E-state index contributed by atoms with van der Waals surface area (Å²) in [7, 11) is 0. The molecule has 3 N–H and O–H groups in total. The van der Waals surface area contributed by atoms with Crippen molar-refractivity contribution in [3.05, 3.63) is 28.2 Å². The minimum atomic E-state index is -0.0588. The molecule has 0 aromatic heterocycles. The summed E-state index contributed by atoms with van der Waals surface area (Å²) >= 11 is 3.25. The van der Waals surface area contributed by atoms with Crippen LogP contribution in [0.1, 0.15) is 18.5 Å². The molecular weight excluding hydrogens is 206 g/mol. The van der Waals surface area contributed by atoms with Crippen molar-refractivity contribution in [3.63, 3.8) is 0 Å². The van der Waals surface area contributed by atoms with E-state index in [0.29, 0.717) is 4.47 Å². The van der Waals surface area contributed by atoms with Crippen LogP contribution in [-0.4, -0.2) is 5.11 Å². The van der Waals surface area contributed by atoms with Gasteiger partial charge in [-0.3, -0.25) is 0 Å². The lowest BCUT2D eigenvalue weighted by molar-refractivity contribution is 0.470. The number of benzene rings is 1. The first-order valence-electron chi connectivity index (χ1n) is 3.36. The molecule has 0 aliphatic heterocycles. The van der Waals surface area contributed by atoms with Gasteiger partial charge in [-0.15, -0.1) is 0 Å². The van der Waals surface area contributed by atoms with Gasteiger partial charge in [-0.25, -0.2) is 0 Å². The lowest BCUT2D eigenvalue weighted by Crippen LogP contribution is -2.05. The number of aromatic hydroxyl groups is 1. The van der Waals surface area contributed by atoms with E-state index in [0.717, 1.165) is 5.56 Å². The Morgan fingerprint density at radius 3 is 2.64 bits per heavy atom. The summed E-state index contributed by atoms with van der Waals surface area (Å²) in [6, 6.07) is 5.22. The molecule has 0 aliphatic carbocycles. The second-order valence-electron chi connectivity index (χ2n) is 2.47. The predicted octanol–water partition coefficient (Wildman–Crippen LogP) is 2.17. The van der Waals surface area contributed by atoms with Crippen LogP contribution in [0.2, 0.25) is 0 Å². The molecule has 0 fully saturated rings. The molecular formula is C8H10BrNO. The summed E-state index contributed by atoms with van der Waals surface area (Å²) in [6.45, 7) is 1.87. The summed E-state index contributed by atoms with van der Waals surface area (Å²) in [5, 5.41) is 9.25. The molecule has 1 atom stereocenters. The first kappa shape index (κ1) is 8.56. The highest BCUT2D eigenvalue weighted by Gasteiger charge is 2.06. The highest BCUT2D eigenvalue weighted by atomic mass is 79.9. The smallest absolute Gasteiger partial charge is 0.130 e. The number of nitrogens with two attached hydrogens (primary N) is 1. The molecule has 3 heteroatoms. The van der Waals surface area contributed by atoms with Crippen molar-refractivity contribution >= 4 is 15.9 Å². The van der Waals surface area contributed by atoms with Gasteiger partial charge in [-0.1, -0.05) is 12.1 Å². The quantitative estimate of drug-likeness (QED) is 0.755. The fourth-order valence-corrected chi connectivity index (χ4v) is 1.51. The van der Waals surface area contributed by atoms with Crippen LogP contribution in [0.15, 0.2) is 22.7 Å². The third kappa shape index (κ3) is 1.73. The molecule has 60 valence electrons. The van der Waals surface area contributed by atoms with E-state index >= 15 is 0 Å². The Balaban J connectivity index is 3.17. The summed E-state index contributed by atoms with van der Waals surface area (Å²) in [5.74, 6) is 0.236. The summed E-state index contributed by atoms with van der Waals surface area (Å²) < 4.78 is 0.690. The predicted molar refractivity (Wildman–Crippen MR) is 48.4 cm³/mol. The molecule has 0 amide bonds. The van der Waals surface area contributed by atoms with Gasteiger partial charge in [0, 0.05) is 6.04 Å². The molecule has 0 radical (unpaired) electrons. The van der Waals surface area contributed by atoms with E-state index in [4.69, 9.17) is 5.73 Å². The molecule has 0 heterocycles. The Morgan fingerprint density at radius 2 is 2.18 bits per heavy atom. The van der Waals surface area contributed by atoms with Crippen LogP contribution in [0.3, 0.4) is 0 Å². The van der Waals surface area contributed by atoms with Crippen LogP contribution < -0.4 is 5.73 Å². The molecule has 0 aliphatic rings. The summed E-state index contributed by atoms with van der Waals surface area (Å²) in [6.07, 6.45) is 0. The third-order valence-corrected chi connectivity index (χ3v) is 2.36. The molecule has 1 aromatic rings. The Bertz CT molecular complexity index is 260. The Morgan fingerprint density at radius 1 is 1.55 bits per heavy atom. The van der Waals surface area contributed by atoms with Crippen LogP contribution in [-0.2, 0) is 0 Å². The minimum absolute atomic E-state index is 0.0588. The molecule has 11 heavy (non-hydrogen) atoms. The van der Waals surface area contributed by atoms with Crippen LogP contribution in [0.5, 0.6) is 5.75 Å². The average Bonchev–Trinajstić information content (AvgIpc) is 1.94. The third-order valence-electron chi connectivity index (χ3n) is 1.50. The number of rotatable bonds is 1. The maximum absolute atomic E-state index is 9.25. The highest BCUT2D eigenvalue weighted by molar-refractivity contribution is 9.10. The second kappa shape index (κ2) is 3.24. The van der Waals surface area contributed by atoms with Gasteiger partial charge in [-0.2, -0.15) is 0 Å². The summed E-state index contributed by atoms with van der Waals surface area (Å²) in [4.78, 5) is 0. The van der Waals surface area contributed by atoms with Gasteiger partial charge < -0.3 is 10.8 Å². The first-order valence-corrected chi connectivity index (χ1v) is 4.15. The molecule has 1 unspecified atom stereocenters. The zero-order chi connectivity index (χ0) is 8.43. The molecule has 0 saturated carbocycles. The molecule has 0 bridgehead atoms. The van der Waals surface area contributed by atoms with E-state index in [1.54, 1.807) is 12.1 Å². The van der Waals surface area contributed by atoms with Gasteiger partial charge in [-0.05, 0) is 34.5 Å². The SMILES string of the molecule is CC(N)c1cccc(O)c1Br. The maximum Gasteiger partial charge on any atom is 0.130 e. The van der Waals surface area contributed by atoms with E-state index in [-0.39, 0.29) is 11.8 Å². The van der Waals surface area contributed by atoms with Crippen molar-refractivity contribution in [2.75, 3.05) is 0 Å². The van der Waals surface area contributed by atoms with Crippen LogP contribution in [0.4, 0.5) is 0 Å². The van der Waals surface area contributed by atoms with Crippen molar-refractivity contribution in [2.24, 2.45) is 5.73 Å². The van der Waals surface area contributed by atoms with Gasteiger partial charge >= 0.3 is 0 Å². The lowest BCUT2D eigenvalue weighted by atomic mass is 10.1. The molecule has 1 rings (SSSR count). The van der Waals surface area contributed by atoms with E-state index in [1.807, 2.05) is 13.0 Å². The largest absolute Gasteiger partial charge is 0.507 e. The Hall–Kier alpha value is -0.540. The average molecular weight is 216 g/mol. The second-order valence-corrected chi connectivity index (χ2v) is 3.26. The first-order chi connectivity index (χ1) is 5.13. The normalized spacial score (nSPS) is 13.0. The van der Waals surface area contributed by atoms with Gasteiger partial charge in [0.25, 0.3) is 0 Å². The molecule has 0 spiro atoms. The fraction of sp³-hybridized carbons (Fsp3) is 0.250. The van der Waals surface area contributed by atoms with Gasteiger partial charge in [0.05, 0.1) is 4.47 Å².